The van der Waals surface area contributed by atoms with Gasteiger partial charge in [0.25, 0.3) is 0 Å². The maximum Gasteiger partial charge on any atom is 0.355 e. The van der Waals surface area contributed by atoms with E-state index >= 15 is 4.39 Å². The van der Waals surface area contributed by atoms with Crippen molar-refractivity contribution >= 4 is 34.4 Å². The van der Waals surface area contributed by atoms with Gasteiger partial charge in [-0.25, -0.2) is 28.7 Å². The molecule has 0 bridgehead atoms. The van der Waals surface area contributed by atoms with E-state index in [0.717, 1.165) is 0 Å². The molecule has 2 atom stereocenters. The van der Waals surface area contributed by atoms with Crippen LogP contribution >= 0.6 is 11.6 Å². The zero-order chi connectivity index (χ0) is 31.2. The van der Waals surface area contributed by atoms with Crippen molar-refractivity contribution in [3.63, 3.8) is 0 Å². The molecular formula is C32H35ClFN7O2. The SMILES string of the molecule is C=CC(=O)N1C[C@@H](C)N(c2nc(=O)n(-c3c(C(C)C)ncnc3C(C)C)c3nc(-c4ccccc4F)c(Cl)cc23)[C@H](C)C1. The zero-order valence-corrected chi connectivity index (χ0v) is 25.9. The largest absolute Gasteiger partial charge is 0.355 e. The molecule has 9 nitrogen and oxygen atoms in total. The van der Waals surface area contributed by atoms with Gasteiger partial charge in [-0.3, -0.25) is 4.79 Å². The lowest BCUT2D eigenvalue weighted by atomic mass is 10.0. The Bertz CT molecular complexity index is 1750. The predicted octanol–water partition coefficient (Wildman–Crippen LogP) is 5.89. The van der Waals surface area contributed by atoms with Crippen molar-refractivity contribution in [1.29, 1.82) is 0 Å². The van der Waals surface area contributed by atoms with Gasteiger partial charge in [0.1, 0.15) is 18.0 Å². The van der Waals surface area contributed by atoms with E-state index in [4.69, 9.17) is 16.6 Å². The van der Waals surface area contributed by atoms with E-state index < -0.39 is 11.5 Å². The first kappa shape index (κ1) is 30.3. The van der Waals surface area contributed by atoms with Crippen LogP contribution in [-0.4, -0.2) is 60.5 Å². The lowest BCUT2D eigenvalue weighted by Gasteiger charge is -2.45. The van der Waals surface area contributed by atoms with Gasteiger partial charge in [-0.05, 0) is 50.0 Å². The molecule has 11 heteroatoms. The van der Waals surface area contributed by atoms with Gasteiger partial charge in [0.15, 0.2) is 5.65 Å². The van der Waals surface area contributed by atoms with Crippen LogP contribution in [-0.2, 0) is 4.79 Å². The fraction of sp³-hybridized carbons (Fsp3) is 0.375. The molecule has 1 aromatic carbocycles. The Labute approximate surface area is 255 Å². The molecular weight excluding hydrogens is 569 g/mol. The van der Waals surface area contributed by atoms with Gasteiger partial charge >= 0.3 is 5.69 Å². The molecule has 4 heterocycles. The van der Waals surface area contributed by atoms with Crippen molar-refractivity contribution in [3.8, 4) is 16.9 Å². The molecule has 1 amide bonds. The Morgan fingerprint density at radius 3 is 2.21 bits per heavy atom. The molecule has 5 rings (SSSR count). The standard InChI is InChI=1S/C32H35ClFN7O2/c1-8-25(42)39-14-19(6)40(20(7)15-39)31-22-13-23(33)28(21-11-9-10-12-24(21)34)37-30(22)41(32(43)38-31)29-26(17(2)3)35-16-36-27(29)18(4)5/h8-13,16-20H,1,14-15H2,2-7H3/t19-,20-/m1/s1. The highest BCUT2D eigenvalue weighted by Crippen LogP contribution is 2.37. The summed E-state index contributed by atoms with van der Waals surface area (Å²) in [5, 5.41) is 0.726. The third-order valence-corrected chi connectivity index (χ3v) is 8.06. The fourth-order valence-corrected chi connectivity index (χ4v) is 6.13. The number of fused-ring (bicyclic) bond motifs is 1. The first-order valence-electron chi connectivity index (χ1n) is 14.4. The summed E-state index contributed by atoms with van der Waals surface area (Å²) in [7, 11) is 0. The van der Waals surface area contributed by atoms with E-state index in [-0.39, 0.29) is 51.8 Å². The predicted molar refractivity (Wildman–Crippen MR) is 167 cm³/mol. The smallest absolute Gasteiger partial charge is 0.347 e. The van der Waals surface area contributed by atoms with Gasteiger partial charge in [0.05, 0.1) is 33.2 Å². The molecule has 3 aromatic heterocycles. The molecule has 224 valence electrons. The molecule has 0 N–H and O–H groups in total. The Morgan fingerprint density at radius 1 is 1.05 bits per heavy atom. The fourth-order valence-electron chi connectivity index (χ4n) is 5.88. The van der Waals surface area contributed by atoms with Crippen molar-refractivity contribution in [3.05, 3.63) is 82.0 Å². The summed E-state index contributed by atoms with van der Waals surface area (Å²) in [5.41, 5.74) is 1.95. The third-order valence-electron chi connectivity index (χ3n) is 7.78. The molecule has 1 saturated heterocycles. The number of carbonyl (C=O) groups excluding carboxylic acids is 1. The molecule has 1 aliphatic heterocycles. The van der Waals surface area contributed by atoms with Crippen LogP contribution in [0.15, 0.2) is 54.1 Å². The number of halogens is 2. The number of carbonyl (C=O) groups is 1. The minimum absolute atomic E-state index is 0.0500. The van der Waals surface area contributed by atoms with Gasteiger partial charge < -0.3 is 9.80 Å². The van der Waals surface area contributed by atoms with Gasteiger partial charge in [-0.15, -0.1) is 0 Å². The number of nitrogens with zero attached hydrogens (tertiary/aromatic N) is 7. The molecule has 0 radical (unpaired) electrons. The number of hydrogen-bond acceptors (Lipinski definition) is 7. The Morgan fingerprint density at radius 2 is 1.65 bits per heavy atom. The van der Waals surface area contributed by atoms with Crippen LogP contribution in [0.2, 0.25) is 5.02 Å². The molecule has 0 unspecified atom stereocenters. The summed E-state index contributed by atoms with van der Waals surface area (Å²) >= 11 is 6.83. The van der Waals surface area contributed by atoms with Crippen LogP contribution < -0.4 is 10.6 Å². The number of aromatic nitrogens is 5. The lowest BCUT2D eigenvalue weighted by molar-refractivity contribution is -0.127. The average molecular weight is 604 g/mol. The Hall–Kier alpha value is -4.18. The van der Waals surface area contributed by atoms with Crippen LogP contribution in [0.3, 0.4) is 0 Å². The van der Waals surface area contributed by atoms with Crippen molar-refractivity contribution in [2.75, 3.05) is 18.0 Å². The first-order valence-corrected chi connectivity index (χ1v) is 14.7. The molecule has 0 spiro atoms. The van der Waals surface area contributed by atoms with Crippen LogP contribution in [0.4, 0.5) is 10.2 Å². The average Bonchev–Trinajstić information content (AvgIpc) is 2.96. The highest BCUT2D eigenvalue weighted by Gasteiger charge is 2.35. The number of piperazine rings is 1. The van der Waals surface area contributed by atoms with Crippen molar-refractivity contribution in [2.45, 2.75) is 65.5 Å². The maximum atomic E-state index is 15.1. The summed E-state index contributed by atoms with van der Waals surface area (Å²) in [4.78, 5) is 49.1. The molecule has 1 aliphatic rings. The first-order chi connectivity index (χ1) is 20.4. The highest BCUT2D eigenvalue weighted by atomic mass is 35.5. The van der Waals surface area contributed by atoms with Crippen molar-refractivity contribution < 1.29 is 9.18 Å². The summed E-state index contributed by atoms with van der Waals surface area (Å²) in [6.45, 7) is 16.4. The minimum atomic E-state index is -0.570. The van der Waals surface area contributed by atoms with Crippen LogP contribution in [0.25, 0.3) is 28.0 Å². The normalized spacial score (nSPS) is 17.3. The molecule has 43 heavy (non-hydrogen) atoms. The van der Waals surface area contributed by atoms with Crippen LogP contribution in [0, 0.1) is 5.82 Å². The minimum Gasteiger partial charge on any atom is -0.347 e. The van der Waals surface area contributed by atoms with Gasteiger partial charge in [0.2, 0.25) is 5.91 Å². The van der Waals surface area contributed by atoms with Crippen molar-refractivity contribution in [2.24, 2.45) is 0 Å². The Balaban J connectivity index is 1.87. The number of rotatable bonds is 6. The van der Waals surface area contributed by atoms with E-state index in [0.29, 0.717) is 41.4 Å². The van der Waals surface area contributed by atoms with E-state index in [1.54, 1.807) is 29.2 Å². The lowest BCUT2D eigenvalue weighted by Crippen LogP contribution is -2.58. The van der Waals surface area contributed by atoms with E-state index in [1.165, 1.54) is 23.0 Å². The highest BCUT2D eigenvalue weighted by molar-refractivity contribution is 6.33. The summed E-state index contributed by atoms with van der Waals surface area (Å²) < 4.78 is 16.5. The van der Waals surface area contributed by atoms with Gasteiger partial charge in [0, 0.05) is 30.7 Å². The molecule has 0 saturated carbocycles. The quantitative estimate of drug-likeness (QED) is 0.254. The monoisotopic (exact) mass is 603 g/mol. The van der Waals surface area contributed by atoms with Crippen LogP contribution in [0.5, 0.6) is 0 Å². The summed E-state index contributed by atoms with van der Waals surface area (Å²) in [6, 6.07) is 7.55. The number of anilines is 1. The number of benzene rings is 1. The maximum absolute atomic E-state index is 15.1. The molecule has 4 aromatic rings. The molecule has 1 fully saturated rings. The number of hydrogen-bond donors (Lipinski definition) is 0. The van der Waals surface area contributed by atoms with E-state index in [9.17, 15) is 9.59 Å². The second-order valence-electron chi connectivity index (χ2n) is 11.6. The van der Waals surface area contributed by atoms with Gasteiger partial charge in [-0.2, -0.15) is 4.98 Å². The number of amides is 1. The second kappa shape index (κ2) is 11.8. The van der Waals surface area contributed by atoms with Gasteiger partial charge in [-0.1, -0.05) is 58.0 Å². The van der Waals surface area contributed by atoms with Crippen molar-refractivity contribution in [1.82, 2.24) is 29.4 Å². The second-order valence-corrected chi connectivity index (χ2v) is 12.0. The van der Waals surface area contributed by atoms with E-state index in [1.807, 2.05) is 46.4 Å². The third kappa shape index (κ3) is 5.40. The Kier molecular flexibility index (Phi) is 8.34. The molecule has 0 aliphatic carbocycles. The summed E-state index contributed by atoms with van der Waals surface area (Å²) in [5.74, 6) is -0.349. The zero-order valence-electron chi connectivity index (χ0n) is 25.2. The topological polar surface area (TPSA) is 97.1 Å². The summed E-state index contributed by atoms with van der Waals surface area (Å²) in [6.07, 6.45) is 2.81. The van der Waals surface area contributed by atoms with Crippen LogP contribution in [0.1, 0.15) is 64.8 Å². The number of pyridine rings is 1. The van der Waals surface area contributed by atoms with E-state index in [2.05, 4.69) is 21.5 Å².